The van der Waals surface area contributed by atoms with Gasteiger partial charge in [-0.2, -0.15) is 0 Å². The number of nitrogens with one attached hydrogen (secondary N) is 1. The van der Waals surface area contributed by atoms with Crippen LogP contribution in [0, 0.1) is 0 Å². The molecular formula is C18H17Cl2N3O4. The first-order chi connectivity index (χ1) is 13.0. The number of benzene rings is 2. The van der Waals surface area contributed by atoms with Gasteiger partial charge in [0.2, 0.25) is 5.95 Å². The molecule has 142 valence electrons. The Kier molecular flexibility index (Phi) is 4.98. The summed E-state index contributed by atoms with van der Waals surface area (Å²) in [6.45, 7) is -0.421. The van der Waals surface area contributed by atoms with Gasteiger partial charge in [0.05, 0.1) is 27.7 Å². The van der Waals surface area contributed by atoms with E-state index in [1.54, 1.807) is 16.7 Å². The average Bonchev–Trinajstić information content (AvgIpc) is 3.13. The third kappa shape index (κ3) is 3.27. The van der Waals surface area contributed by atoms with Crippen LogP contribution in [-0.4, -0.2) is 49.8 Å². The van der Waals surface area contributed by atoms with Crippen molar-refractivity contribution in [3.63, 3.8) is 0 Å². The van der Waals surface area contributed by atoms with Crippen LogP contribution in [0.15, 0.2) is 42.5 Å². The minimum Gasteiger partial charge on any atom is -0.394 e. The highest BCUT2D eigenvalue weighted by atomic mass is 35.5. The molecule has 0 radical (unpaired) electrons. The Labute approximate surface area is 164 Å². The van der Waals surface area contributed by atoms with Gasteiger partial charge in [0, 0.05) is 5.69 Å². The first-order valence-electron chi connectivity index (χ1n) is 8.31. The van der Waals surface area contributed by atoms with Crippen LogP contribution < -0.4 is 5.32 Å². The minimum absolute atomic E-state index is 0.323. The van der Waals surface area contributed by atoms with Crippen LogP contribution in [0.4, 0.5) is 11.6 Å². The summed E-state index contributed by atoms with van der Waals surface area (Å²) in [5.41, 5.74) is 1.89. The molecular weight excluding hydrogens is 393 g/mol. The largest absolute Gasteiger partial charge is 0.394 e. The van der Waals surface area contributed by atoms with Crippen molar-refractivity contribution in [1.29, 1.82) is 0 Å². The number of fused-ring (bicyclic) bond motifs is 1. The molecule has 1 aliphatic rings. The molecule has 4 atom stereocenters. The van der Waals surface area contributed by atoms with Crippen LogP contribution in [0.5, 0.6) is 0 Å². The summed E-state index contributed by atoms with van der Waals surface area (Å²) in [4.78, 5) is 4.54. The monoisotopic (exact) mass is 409 g/mol. The van der Waals surface area contributed by atoms with Gasteiger partial charge in [0.1, 0.15) is 18.3 Å². The molecule has 0 spiro atoms. The van der Waals surface area contributed by atoms with E-state index in [1.807, 2.05) is 30.3 Å². The second kappa shape index (κ2) is 7.27. The topological polar surface area (TPSA) is 99.8 Å². The Bertz CT molecular complexity index is 966. The number of aliphatic hydroxyl groups excluding tert-OH is 3. The average molecular weight is 410 g/mol. The maximum atomic E-state index is 10.5. The summed E-state index contributed by atoms with van der Waals surface area (Å²) >= 11 is 12.3. The van der Waals surface area contributed by atoms with Crippen LogP contribution in [0.3, 0.4) is 0 Å². The Morgan fingerprint density at radius 2 is 1.78 bits per heavy atom. The number of hydrogen-bond acceptors (Lipinski definition) is 6. The van der Waals surface area contributed by atoms with E-state index in [2.05, 4.69) is 10.3 Å². The summed E-state index contributed by atoms with van der Waals surface area (Å²) in [5.74, 6) is 0.379. The summed E-state index contributed by atoms with van der Waals surface area (Å²) < 4.78 is 7.30. The van der Waals surface area contributed by atoms with Crippen LogP contribution in [0.1, 0.15) is 6.23 Å². The van der Waals surface area contributed by atoms with Crippen LogP contribution in [-0.2, 0) is 4.74 Å². The highest BCUT2D eigenvalue weighted by Crippen LogP contribution is 2.38. The third-order valence-electron chi connectivity index (χ3n) is 4.53. The molecule has 3 aromatic rings. The summed E-state index contributed by atoms with van der Waals surface area (Å²) in [7, 11) is 0. The van der Waals surface area contributed by atoms with Gasteiger partial charge in [0.25, 0.3) is 0 Å². The molecule has 1 fully saturated rings. The van der Waals surface area contributed by atoms with E-state index in [0.717, 1.165) is 5.69 Å². The molecule has 1 saturated heterocycles. The van der Waals surface area contributed by atoms with E-state index in [4.69, 9.17) is 27.9 Å². The molecule has 1 aliphatic heterocycles. The maximum absolute atomic E-state index is 10.5. The number of halogens is 2. The smallest absolute Gasteiger partial charge is 0.210 e. The number of imidazole rings is 1. The number of ether oxygens (including phenoxy) is 1. The number of anilines is 2. The zero-order valence-corrected chi connectivity index (χ0v) is 15.5. The second-order valence-electron chi connectivity index (χ2n) is 6.28. The van der Waals surface area contributed by atoms with Crippen molar-refractivity contribution in [1.82, 2.24) is 9.55 Å². The zero-order valence-electron chi connectivity index (χ0n) is 14.0. The lowest BCUT2D eigenvalue weighted by molar-refractivity contribution is -0.0498. The standard InChI is InChI=1S/C18H17Cl2N3O4/c19-10-6-12-13(7-11(10)20)23(17-16(26)15(25)14(8-24)27-17)18(22-12)21-9-4-2-1-3-5-9/h1-7,14-17,24-26H,8H2,(H,21,22)/t14-,15-,16-,17-/m0/s1. The van der Waals surface area contributed by atoms with Crippen LogP contribution in [0.2, 0.25) is 10.0 Å². The number of hydrogen-bond donors (Lipinski definition) is 4. The van der Waals surface area contributed by atoms with Crippen LogP contribution in [0.25, 0.3) is 11.0 Å². The van der Waals surface area contributed by atoms with E-state index < -0.39 is 31.1 Å². The van der Waals surface area contributed by atoms with E-state index >= 15 is 0 Å². The number of aliphatic hydroxyl groups is 3. The highest BCUT2D eigenvalue weighted by Gasteiger charge is 2.44. The summed E-state index contributed by atoms with van der Waals surface area (Å²) in [6, 6.07) is 12.6. The SMILES string of the molecule is OC[C@@H]1O[C@H](n2c(Nc3ccccc3)nc3cc(Cl)c(Cl)cc32)[C@@H](O)[C@H]1O. The lowest BCUT2D eigenvalue weighted by atomic mass is 10.1. The van der Waals surface area contributed by atoms with Crippen LogP contribution >= 0.6 is 23.2 Å². The first-order valence-corrected chi connectivity index (χ1v) is 9.06. The lowest BCUT2D eigenvalue weighted by Gasteiger charge is -2.20. The Balaban J connectivity index is 1.86. The number of nitrogens with zero attached hydrogens (tertiary/aromatic N) is 2. The van der Waals surface area contributed by atoms with Gasteiger partial charge in [-0.05, 0) is 24.3 Å². The van der Waals surface area contributed by atoms with Crippen molar-refractivity contribution in [2.24, 2.45) is 0 Å². The summed E-state index contributed by atoms with van der Waals surface area (Å²) in [5, 5.41) is 33.9. The first kappa shape index (κ1) is 18.5. The number of aromatic nitrogens is 2. The molecule has 4 rings (SSSR count). The van der Waals surface area contributed by atoms with Crippen molar-refractivity contribution in [2.45, 2.75) is 24.5 Å². The predicted molar refractivity (Wildman–Crippen MR) is 102 cm³/mol. The second-order valence-corrected chi connectivity index (χ2v) is 7.09. The van der Waals surface area contributed by atoms with Gasteiger partial charge in [-0.25, -0.2) is 4.98 Å². The molecule has 1 aromatic heterocycles. The van der Waals surface area contributed by atoms with Crippen molar-refractivity contribution in [2.75, 3.05) is 11.9 Å². The van der Waals surface area contributed by atoms with E-state index in [1.165, 1.54) is 0 Å². The predicted octanol–water partition coefficient (Wildman–Crippen LogP) is 2.70. The molecule has 2 heterocycles. The fourth-order valence-corrected chi connectivity index (χ4v) is 3.50. The highest BCUT2D eigenvalue weighted by molar-refractivity contribution is 6.42. The molecule has 0 saturated carbocycles. The van der Waals surface area contributed by atoms with Crippen molar-refractivity contribution in [3.8, 4) is 0 Å². The van der Waals surface area contributed by atoms with Gasteiger partial charge in [-0.3, -0.25) is 4.57 Å². The van der Waals surface area contributed by atoms with Gasteiger partial charge in [-0.15, -0.1) is 0 Å². The Hall–Kier alpha value is -1.87. The number of rotatable bonds is 4. The minimum atomic E-state index is -1.26. The Morgan fingerprint density at radius 1 is 1.07 bits per heavy atom. The normalized spacial score (nSPS) is 25.2. The molecule has 9 heteroatoms. The van der Waals surface area contributed by atoms with E-state index in [9.17, 15) is 15.3 Å². The quantitative estimate of drug-likeness (QED) is 0.528. The fraction of sp³-hybridized carbons (Fsp3) is 0.278. The van der Waals surface area contributed by atoms with Gasteiger partial charge in [-0.1, -0.05) is 41.4 Å². The van der Waals surface area contributed by atoms with Crippen molar-refractivity contribution < 1.29 is 20.1 Å². The number of para-hydroxylation sites is 1. The van der Waals surface area contributed by atoms with Crippen molar-refractivity contribution >= 4 is 45.9 Å². The fourth-order valence-electron chi connectivity index (χ4n) is 3.18. The van der Waals surface area contributed by atoms with Gasteiger partial charge in [0.15, 0.2) is 6.23 Å². The zero-order chi connectivity index (χ0) is 19.1. The molecule has 0 bridgehead atoms. The third-order valence-corrected chi connectivity index (χ3v) is 5.26. The van der Waals surface area contributed by atoms with Gasteiger partial charge >= 0.3 is 0 Å². The lowest BCUT2D eigenvalue weighted by Crippen LogP contribution is -2.33. The molecule has 7 nitrogen and oxygen atoms in total. The van der Waals surface area contributed by atoms with E-state index in [0.29, 0.717) is 27.0 Å². The molecule has 0 aliphatic carbocycles. The molecule has 4 N–H and O–H groups in total. The molecule has 0 amide bonds. The summed E-state index contributed by atoms with van der Waals surface area (Å²) in [6.07, 6.45) is -4.37. The molecule has 0 unspecified atom stereocenters. The van der Waals surface area contributed by atoms with E-state index in [-0.39, 0.29) is 0 Å². The Morgan fingerprint density at radius 3 is 2.44 bits per heavy atom. The van der Waals surface area contributed by atoms with Crippen molar-refractivity contribution in [3.05, 3.63) is 52.5 Å². The maximum Gasteiger partial charge on any atom is 0.210 e. The molecule has 27 heavy (non-hydrogen) atoms. The molecule has 2 aromatic carbocycles. The van der Waals surface area contributed by atoms with Gasteiger partial charge < -0.3 is 25.4 Å².